The molecule has 2 heterocycles. The summed E-state index contributed by atoms with van der Waals surface area (Å²) in [5, 5.41) is 0. The Bertz CT molecular complexity index is 633. The molecule has 4 nitrogen and oxygen atoms in total. The van der Waals surface area contributed by atoms with E-state index in [1.54, 1.807) is 23.1 Å². The lowest BCUT2D eigenvalue weighted by Crippen LogP contribution is -2.58. The molecule has 0 spiro atoms. The Labute approximate surface area is 148 Å². The van der Waals surface area contributed by atoms with Crippen molar-refractivity contribution in [3.8, 4) is 0 Å². The van der Waals surface area contributed by atoms with Gasteiger partial charge < -0.3 is 14.4 Å². The van der Waals surface area contributed by atoms with Gasteiger partial charge in [0.25, 0.3) is 5.91 Å². The number of nitrogens with zero attached hydrogens (tertiary/aromatic N) is 1. The number of fused-ring (bicyclic) bond motifs is 1. The molecule has 5 heteroatoms. The second-order valence-corrected chi connectivity index (χ2v) is 7.78. The number of halogens is 1. The standard InChI is InChI=1S/C20H26FNO3/c21-17-5-2-1-4-16(17)19(23)22-10-8-18-20(13-22,9-3-11-25-18)14-24-12-15-6-7-15/h1-2,4-5,15,18H,3,6-14H2. The molecule has 1 amide bonds. The van der Waals surface area contributed by atoms with Crippen molar-refractivity contribution in [1.82, 2.24) is 4.90 Å². The largest absolute Gasteiger partial charge is 0.380 e. The van der Waals surface area contributed by atoms with Crippen LogP contribution in [0.5, 0.6) is 0 Å². The Morgan fingerprint density at radius 3 is 2.96 bits per heavy atom. The van der Waals surface area contributed by atoms with E-state index in [1.165, 1.54) is 18.9 Å². The molecule has 2 atom stereocenters. The van der Waals surface area contributed by atoms with Crippen molar-refractivity contribution < 1.29 is 18.7 Å². The maximum absolute atomic E-state index is 14.0. The van der Waals surface area contributed by atoms with Crippen LogP contribution < -0.4 is 0 Å². The molecule has 1 aliphatic carbocycles. The summed E-state index contributed by atoms with van der Waals surface area (Å²) >= 11 is 0. The molecule has 0 bridgehead atoms. The fourth-order valence-electron chi connectivity index (χ4n) is 4.19. The van der Waals surface area contributed by atoms with E-state index >= 15 is 0 Å². The molecule has 0 aromatic heterocycles. The molecule has 1 aromatic carbocycles. The molecule has 3 aliphatic rings. The van der Waals surface area contributed by atoms with Crippen LogP contribution in [0.4, 0.5) is 4.39 Å². The lowest BCUT2D eigenvalue weighted by Gasteiger charge is -2.50. The number of amides is 1. The van der Waals surface area contributed by atoms with Gasteiger partial charge in [-0.3, -0.25) is 4.79 Å². The van der Waals surface area contributed by atoms with Crippen molar-refractivity contribution in [2.45, 2.75) is 38.2 Å². The third-order valence-electron chi connectivity index (χ3n) is 5.82. The number of benzene rings is 1. The third-order valence-corrected chi connectivity index (χ3v) is 5.82. The molecular weight excluding hydrogens is 321 g/mol. The highest BCUT2D eigenvalue weighted by molar-refractivity contribution is 5.94. The van der Waals surface area contributed by atoms with Gasteiger partial charge in [0.05, 0.1) is 18.3 Å². The monoisotopic (exact) mass is 347 g/mol. The van der Waals surface area contributed by atoms with Gasteiger partial charge in [0.1, 0.15) is 5.82 Å². The first kappa shape index (κ1) is 17.0. The van der Waals surface area contributed by atoms with Crippen molar-refractivity contribution in [2.24, 2.45) is 11.3 Å². The van der Waals surface area contributed by atoms with Gasteiger partial charge in [0.2, 0.25) is 0 Å². The molecule has 0 radical (unpaired) electrons. The summed E-state index contributed by atoms with van der Waals surface area (Å²) in [5.41, 5.74) is 0.0125. The Hall–Kier alpha value is -1.46. The minimum atomic E-state index is -0.450. The number of piperidine rings is 1. The van der Waals surface area contributed by atoms with Crippen LogP contribution in [-0.2, 0) is 9.47 Å². The molecule has 3 fully saturated rings. The number of hydrogen-bond donors (Lipinski definition) is 0. The normalized spacial score (nSPS) is 29.3. The molecule has 136 valence electrons. The summed E-state index contributed by atoms with van der Waals surface area (Å²) in [6.45, 7) is 3.44. The van der Waals surface area contributed by atoms with E-state index < -0.39 is 5.82 Å². The predicted molar refractivity (Wildman–Crippen MR) is 91.9 cm³/mol. The average Bonchev–Trinajstić information content (AvgIpc) is 3.45. The van der Waals surface area contributed by atoms with Gasteiger partial charge in [-0.15, -0.1) is 0 Å². The molecule has 2 aliphatic heterocycles. The zero-order valence-electron chi connectivity index (χ0n) is 14.6. The maximum atomic E-state index is 14.0. The Morgan fingerprint density at radius 2 is 2.16 bits per heavy atom. The zero-order chi connectivity index (χ0) is 17.3. The first-order chi connectivity index (χ1) is 12.2. The minimum absolute atomic E-state index is 0.144. The van der Waals surface area contributed by atoms with Gasteiger partial charge in [0, 0.05) is 31.7 Å². The number of hydrogen-bond acceptors (Lipinski definition) is 3. The van der Waals surface area contributed by atoms with Crippen molar-refractivity contribution in [3.63, 3.8) is 0 Å². The Balaban J connectivity index is 1.49. The zero-order valence-corrected chi connectivity index (χ0v) is 14.6. The first-order valence-electron chi connectivity index (χ1n) is 9.41. The van der Waals surface area contributed by atoms with Crippen molar-refractivity contribution in [2.75, 3.05) is 32.9 Å². The molecule has 25 heavy (non-hydrogen) atoms. The predicted octanol–water partition coefficient (Wildman–Crippen LogP) is 3.26. The molecule has 1 aromatic rings. The first-order valence-corrected chi connectivity index (χ1v) is 9.41. The van der Waals surface area contributed by atoms with Crippen molar-refractivity contribution in [3.05, 3.63) is 35.6 Å². The summed E-state index contributed by atoms with van der Waals surface area (Å²) < 4.78 is 26.1. The molecule has 2 saturated heterocycles. The van der Waals surface area contributed by atoms with E-state index in [9.17, 15) is 9.18 Å². The van der Waals surface area contributed by atoms with Crippen LogP contribution in [0, 0.1) is 17.2 Å². The van der Waals surface area contributed by atoms with Crippen molar-refractivity contribution in [1.29, 1.82) is 0 Å². The Morgan fingerprint density at radius 1 is 1.32 bits per heavy atom. The van der Waals surface area contributed by atoms with Crippen LogP contribution in [0.3, 0.4) is 0 Å². The summed E-state index contributed by atoms with van der Waals surface area (Å²) in [6.07, 6.45) is 5.47. The van der Waals surface area contributed by atoms with E-state index in [1.807, 2.05) is 0 Å². The number of rotatable bonds is 5. The van der Waals surface area contributed by atoms with E-state index in [2.05, 4.69) is 0 Å². The van der Waals surface area contributed by atoms with E-state index in [0.29, 0.717) is 19.7 Å². The summed E-state index contributed by atoms with van der Waals surface area (Å²) in [7, 11) is 0. The fourth-order valence-corrected chi connectivity index (χ4v) is 4.19. The Kier molecular flexibility index (Phi) is 4.78. The van der Waals surface area contributed by atoms with Gasteiger partial charge in [-0.25, -0.2) is 4.39 Å². The van der Waals surface area contributed by atoms with E-state index in [-0.39, 0.29) is 23.0 Å². The minimum Gasteiger partial charge on any atom is -0.380 e. The third kappa shape index (κ3) is 3.58. The second kappa shape index (κ2) is 7.04. The number of likely N-dealkylation sites (tertiary alicyclic amines) is 1. The number of carbonyl (C=O) groups excluding carboxylic acids is 1. The average molecular weight is 347 g/mol. The molecule has 0 N–H and O–H groups in total. The second-order valence-electron chi connectivity index (χ2n) is 7.78. The molecular formula is C20H26FNO3. The summed E-state index contributed by atoms with van der Waals surface area (Å²) in [5.74, 6) is 0.0522. The van der Waals surface area contributed by atoms with Crippen LogP contribution in [0.1, 0.15) is 42.5 Å². The lowest BCUT2D eigenvalue weighted by atomic mass is 9.73. The van der Waals surface area contributed by atoms with Crippen LogP contribution >= 0.6 is 0 Å². The highest BCUT2D eigenvalue weighted by Gasteiger charge is 2.47. The molecule has 2 unspecified atom stereocenters. The van der Waals surface area contributed by atoms with Gasteiger partial charge in [0.15, 0.2) is 0 Å². The topological polar surface area (TPSA) is 38.8 Å². The smallest absolute Gasteiger partial charge is 0.256 e. The highest BCUT2D eigenvalue weighted by Crippen LogP contribution is 2.41. The summed E-state index contributed by atoms with van der Waals surface area (Å²) in [6, 6.07) is 6.23. The highest BCUT2D eigenvalue weighted by atomic mass is 19.1. The van der Waals surface area contributed by atoms with Gasteiger partial charge in [-0.1, -0.05) is 12.1 Å². The fraction of sp³-hybridized carbons (Fsp3) is 0.650. The van der Waals surface area contributed by atoms with Gasteiger partial charge in [-0.2, -0.15) is 0 Å². The SMILES string of the molecule is O=C(c1ccccc1F)N1CCC2OCCCC2(COCC2CC2)C1. The van der Waals surface area contributed by atoms with Crippen molar-refractivity contribution >= 4 is 5.91 Å². The van der Waals surface area contributed by atoms with Crippen LogP contribution in [0.2, 0.25) is 0 Å². The van der Waals surface area contributed by atoms with Crippen LogP contribution in [0.25, 0.3) is 0 Å². The van der Waals surface area contributed by atoms with Gasteiger partial charge >= 0.3 is 0 Å². The number of ether oxygens (including phenoxy) is 2. The van der Waals surface area contributed by atoms with Gasteiger partial charge in [-0.05, 0) is 50.2 Å². The van der Waals surface area contributed by atoms with Crippen LogP contribution in [-0.4, -0.2) is 49.8 Å². The maximum Gasteiger partial charge on any atom is 0.256 e. The van der Waals surface area contributed by atoms with E-state index in [0.717, 1.165) is 38.4 Å². The quantitative estimate of drug-likeness (QED) is 0.821. The number of carbonyl (C=O) groups is 1. The lowest BCUT2D eigenvalue weighted by molar-refractivity contribution is -0.147. The molecule has 1 saturated carbocycles. The van der Waals surface area contributed by atoms with Crippen LogP contribution in [0.15, 0.2) is 24.3 Å². The molecule has 4 rings (SSSR count). The van der Waals surface area contributed by atoms with E-state index in [4.69, 9.17) is 9.47 Å². The summed E-state index contributed by atoms with van der Waals surface area (Å²) in [4.78, 5) is 14.6.